The van der Waals surface area contributed by atoms with E-state index in [2.05, 4.69) is 28.9 Å². The summed E-state index contributed by atoms with van der Waals surface area (Å²) in [4.78, 5) is 19.8. The van der Waals surface area contributed by atoms with Gasteiger partial charge >= 0.3 is 0 Å². The van der Waals surface area contributed by atoms with E-state index in [-0.39, 0.29) is 11.3 Å². The minimum Gasteiger partial charge on any atom is -0.371 e. The number of fused-ring (bicyclic) bond motifs is 1. The predicted molar refractivity (Wildman–Crippen MR) is 104 cm³/mol. The van der Waals surface area contributed by atoms with Crippen LogP contribution < -0.4 is 5.32 Å². The van der Waals surface area contributed by atoms with Crippen LogP contribution in [0.1, 0.15) is 35.8 Å². The van der Waals surface area contributed by atoms with Gasteiger partial charge in [0.05, 0.1) is 11.2 Å². The largest absolute Gasteiger partial charge is 0.371 e. The highest BCUT2D eigenvalue weighted by atomic mass is 16.2. The second kappa shape index (κ2) is 6.48. The van der Waals surface area contributed by atoms with Crippen molar-refractivity contribution in [3.63, 3.8) is 0 Å². The van der Waals surface area contributed by atoms with E-state index in [1.165, 1.54) is 0 Å². The summed E-state index contributed by atoms with van der Waals surface area (Å²) >= 11 is 0. The molecule has 0 bridgehead atoms. The molecule has 5 nitrogen and oxygen atoms in total. The second-order valence-corrected chi connectivity index (χ2v) is 7.28. The SMILES string of the molecule is CNc1nc([C@@]2(C)CCCN(C(=O)c3ccccc3)C2)cn2cccc12. The van der Waals surface area contributed by atoms with Gasteiger partial charge in [0.2, 0.25) is 0 Å². The molecule has 1 aliphatic heterocycles. The number of nitrogens with zero attached hydrogens (tertiary/aromatic N) is 3. The zero-order chi connectivity index (χ0) is 18.1. The first kappa shape index (κ1) is 16.6. The number of carbonyl (C=O) groups is 1. The molecular weight excluding hydrogens is 324 g/mol. The number of aromatic nitrogens is 2. The van der Waals surface area contributed by atoms with E-state index in [0.717, 1.165) is 42.0 Å². The molecule has 0 spiro atoms. The number of hydrogen-bond donors (Lipinski definition) is 1. The molecule has 0 saturated carbocycles. The summed E-state index contributed by atoms with van der Waals surface area (Å²) < 4.78 is 2.11. The van der Waals surface area contributed by atoms with Crippen molar-refractivity contribution in [2.45, 2.75) is 25.2 Å². The highest BCUT2D eigenvalue weighted by Gasteiger charge is 2.36. The Labute approximate surface area is 153 Å². The van der Waals surface area contributed by atoms with Crippen molar-refractivity contribution in [2.75, 3.05) is 25.5 Å². The summed E-state index contributed by atoms with van der Waals surface area (Å²) in [5.41, 5.74) is 2.68. The Morgan fingerprint density at radius 3 is 2.77 bits per heavy atom. The third-order valence-corrected chi connectivity index (χ3v) is 5.37. The Bertz CT molecular complexity index is 934. The summed E-state index contributed by atoms with van der Waals surface area (Å²) in [5, 5.41) is 3.20. The molecule has 4 rings (SSSR count). The number of carbonyl (C=O) groups excluding carboxylic acids is 1. The number of nitrogens with one attached hydrogen (secondary N) is 1. The van der Waals surface area contributed by atoms with Gasteiger partial charge in [-0.25, -0.2) is 4.98 Å². The molecule has 0 unspecified atom stereocenters. The molecule has 0 radical (unpaired) electrons. The maximum absolute atomic E-state index is 12.9. The summed E-state index contributed by atoms with van der Waals surface area (Å²) in [6.45, 7) is 3.70. The van der Waals surface area contributed by atoms with Crippen LogP contribution in [0.25, 0.3) is 5.52 Å². The number of benzene rings is 1. The molecule has 2 aromatic heterocycles. The summed E-state index contributed by atoms with van der Waals surface area (Å²) in [6, 6.07) is 13.6. The van der Waals surface area contributed by atoms with Crippen molar-refractivity contribution in [1.82, 2.24) is 14.3 Å². The maximum Gasteiger partial charge on any atom is 0.253 e. The fourth-order valence-electron chi connectivity index (χ4n) is 3.91. The van der Waals surface area contributed by atoms with Crippen LogP contribution in [0.3, 0.4) is 0 Å². The van der Waals surface area contributed by atoms with Gasteiger partial charge in [-0.1, -0.05) is 25.1 Å². The zero-order valence-corrected chi connectivity index (χ0v) is 15.3. The van der Waals surface area contributed by atoms with Crippen LogP contribution >= 0.6 is 0 Å². The standard InChI is InChI=1S/C21H24N4O/c1-21(18-14-24-12-6-10-17(24)19(22-2)23-18)11-7-13-25(15-21)20(26)16-8-4-3-5-9-16/h3-6,8-10,12,14H,7,11,13,15H2,1-2H3,(H,22,23)/t21-/m0/s1. The van der Waals surface area contributed by atoms with Crippen LogP contribution in [0.5, 0.6) is 0 Å². The molecule has 26 heavy (non-hydrogen) atoms. The molecule has 1 atom stereocenters. The van der Waals surface area contributed by atoms with Crippen molar-refractivity contribution in [3.8, 4) is 0 Å². The maximum atomic E-state index is 12.9. The van der Waals surface area contributed by atoms with Gasteiger partial charge in [-0.3, -0.25) is 4.79 Å². The Hall–Kier alpha value is -2.82. The lowest BCUT2D eigenvalue weighted by molar-refractivity contribution is 0.0647. The highest BCUT2D eigenvalue weighted by Crippen LogP contribution is 2.34. The van der Waals surface area contributed by atoms with E-state index in [9.17, 15) is 4.79 Å². The minimum atomic E-state index is -0.160. The third-order valence-electron chi connectivity index (χ3n) is 5.37. The van der Waals surface area contributed by atoms with Crippen molar-refractivity contribution >= 4 is 17.2 Å². The van der Waals surface area contributed by atoms with Gasteiger partial charge in [0, 0.05) is 43.5 Å². The second-order valence-electron chi connectivity index (χ2n) is 7.28. The fraction of sp³-hybridized carbons (Fsp3) is 0.333. The van der Waals surface area contributed by atoms with Crippen LogP contribution in [0.2, 0.25) is 0 Å². The average Bonchev–Trinajstić information content (AvgIpc) is 3.16. The molecular formula is C21H24N4O. The number of likely N-dealkylation sites (tertiary alicyclic amines) is 1. The van der Waals surface area contributed by atoms with Gasteiger partial charge in [-0.2, -0.15) is 0 Å². The number of rotatable bonds is 3. The van der Waals surface area contributed by atoms with Gasteiger partial charge in [-0.15, -0.1) is 0 Å². The summed E-state index contributed by atoms with van der Waals surface area (Å²) in [7, 11) is 1.90. The molecule has 0 aliphatic carbocycles. The van der Waals surface area contributed by atoms with Gasteiger partial charge in [-0.05, 0) is 37.1 Å². The first-order chi connectivity index (χ1) is 12.6. The van der Waals surface area contributed by atoms with E-state index in [1.54, 1.807) is 0 Å². The smallest absolute Gasteiger partial charge is 0.253 e. The quantitative estimate of drug-likeness (QED) is 0.787. The molecule has 1 N–H and O–H groups in total. The van der Waals surface area contributed by atoms with Gasteiger partial charge in [0.1, 0.15) is 5.82 Å². The van der Waals surface area contributed by atoms with Gasteiger partial charge in [0.25, 0.3) is 5.91 Å². The van der Waals surface area contributed by atoms with E-state index < -0.39 is 0 Å². The van der Waals surface area contributed by atoms with Crippen LogP contribution in [0.4, 0.5) is 5.82 Å². The van der Waals surface area contributed by atoms with Crippen LogP contribution in [-0.4, -0.2) is 40.3 Å². The number of piperidine rings is 1. The molecule has 3 heterocycles. The van der Waals surface area contributed by atoms with Crippen molar-refractivity contribution in [3.05, 3.63) is 66.1 Å². The van der Waals surface area contributed by atoms with Crippen molar-refractivity contribution < 1.29 is 4.79 Å². The first-order valence-corrected chi connectivity index (χ1v) is 9.11. The Morgan fingerprint density at radius 2 is 2.00 bits per heavy atom. The monoisotopic (exact) mass is 348 g/mol. The molecule has 1 amide bonds. The van der Waals surface area contributed by atoms with Crippen molar-refractivity contribution in [1.29, 1.82) is 0 Å². The van der Waals surface area contributed by atoms with Gasteiger partial charge in [0.15, 0.2) is 0 Å². The number of amides is 1. The molecule has 1 aliphatic rings. The van der Waals surface area contributed by atoms with E-state index in [1.807, 2.05) is 54.5 Å². The average molecular weight is 348 g/mol. The Balaban J connectivity index is 1.66. The number of hydrogen-bond acceptors (Lipinski definition) is 3. The lowest BCUT2D eigenvalue weighted by Gasteiger charge is -2.40. The molecule has 3 aromatic rings. The molecule has 5 heteroatoms. The van der Waals surface area contributed by atoms with E-state index in [4.69, 9.17) is 4.98 Å². The Morgan fingerprint density at radius 1 is 1.19 bits per heavy atom. The van der Waals surface area contributed by atoms with E-state index >= 15 is 0 Å². The van der Waals surface area contributed by atoms with Crippen LogP contribution in [0.15, 0.2) is 54.9 Å². The number of anilines is 1. The minimum absolute atomic E-state index is 0.104. The van der Waals surface area contributed by atoms with Gasteiger partial charge < -0.3 is 14.6 Å². The normalized spacial score (nSPS) is 20.3. The fourth-order valence-corrected chi connectivity index (χ4v) is 3.91. The van der Waals surface area contributed by atoms with Crippen molar-refractivity contribution in [2.24, 2.45) is 0 Å². The molecule has 1 fully saturated rings. The molecule has 1 aromatic carbocycles. The molecule has 134 valence electrons. The summed E-state index contributed by atoms with van der Waals surface area (Å²) in [6.07, 6.45) is 6.15. The highest BCUT2D eigenvalue weighted by molar-refractivity contribution is 5.94. The lowest BCUT2D eigenvalue weighted by Crippen LogP contribution is -2.47. The molecule has 1 saturated heterocycles. The Kier molecular flexibility index (Phi) is 4.15. The van der Waals surface area contributed by atoms with E-state index in [0.29, 0.717) is 6.54 Å². The first-order valence-electron chi connectivity index (χ1n) is 9.11. The summed E-state index contributed by atoms with van der Waals surface area (Å²) in [5.74, 6) is 0.979. The van der Waals surface area contributed by atoms with Crippen LogP contribution in [-0.2, 0) is 5.41 Å². The topological polar surface area (TPSA) is 49.6 Å². The third kappa shape index (κ3) is 2.83. The zero-order valence-electron chi connectivity index (χ0n) is 15.3. The lowest BCUT2D eigenvalue weighted by atomic mass is 9.79. The van der Waals surface area contributed by atoms with Crippen LogP contribution in [0, 0.1) is 0 Å². The predicted octanol–water partition coefficient (Wildman–Crippen LogP) is 3.57.